The molecule has 236 valence electrons. The number of nitrogens with zero attached hydrogens (tertiary/aromatic N) is 4. The molecule has 2 aromatic heterocycles. The lowest BCUT2D eigenvalue weighted by atomic mass is 9.95. The molecule has 1 N–H and O–H groups in total. The molecule has 0 fully saturated rings. The number of hydrogen-bond acceptors (Lipinski definition) is 8. The van der Waals surface area contributed by atoms with Crippen LogP contribution >= 0.6 is 11.3 Å². The van der Waals surface area contributed by atoms with Crippen LogP contribution in [0.15, 0.2) is 47.5 Å². The van der Waals surface area contributed by atoms with Crippen LogP contribution in [0.3, 0.4) is 0 Å². The Hall–Kier alpha value is -4.52. The molecule has 1 aliphatic heterocycles. The summed E-state index contributed by atoms with van der Waals surface area (Å²) >= 11 is 1.51. The summed E-state index contributed by atoms with van der Waals surface area (Å²) in [6, 6.07) is 9.19. The molecule has 0 amide bonds. The number of carbonyl (C=O) groups is 2. The fourth-order valence-electron chi connectivity index (χ4n) is 5.11. The number of carboxylic acid groups (broad SMARTS) is 1. The number of aliphatic carboxylic acids is 1. The molecule has 0 bridgehead atoms. The standard InChI is InChI=1S/C32H31F3N4O5S/c1-16-17(2)45-30-27(16)28(36-24(14-25(40)41)29-38-37-18(3)39(29)30)20-9-7-19(8-10-20)22-12-11-21(13-23(22)32(33,34)35)43-15-26(42)44-31(4,5)6/h7-13,24H,14-15H2,1-6H3,(H,40,41)/t24-/m0/s1. The first-order chi connectivity index (χ1) is 21.0. The van der Waals surface area contributed by atoms with Gasteiger partial charge in [-0.15, -0.1) is 21.5 Å². The number of halogens is 3. The number of carbonyl (C=O) groups excluding carboxylic acids is 1. The number of thiophene rings is 1. The Kier molecular flexibility index (Phi) is 8.34. The maximum absolute atomic E-state index is 14.2. The van der Waals surface area contributed by atoms with Crippen molar-refractivity contribution < 1.29 is 37.3 Å². The van der Waals surface area contributed by atoms with Gasteiger partial charge < -0.3 is 14.6 Å². The van der Waals surface area contributed by atoms with Crippen molar-refractivity contribution in [3.8, 4) is 21.9 Å². The van der Waals surface area contributed by atoms with E-state index in [9.17, 15) is 27.9 Å². The Morgan fingerprint density at radius 1 is 1.00 bits per heavy atom. The van der Waals surface area contributed by atoms with E-state index < -0.39 is 41.9 Å². The Balaban J connectivity index is 1.53. The average molecular weight is 641 g/mol. The summed E-state index contributed by atoms with van der Waals surface area (Å²) in [6.07, 6.45) is -5.02. The summed E-state index contributed by atoms with van der Waals surface area (Å²) in [5.74, 6) is -0.872. The third-order valence-corrected chi connectivity index (χ3v) is 8.34. The van der Waals surface area contributed by atoms with Gasteiger partial charge in [-0.05, 0) is 70.4 Å². The van der Waals surface area contributed by atoms with Crippen LogP contribution in [0.5, 0.6) is 5.75 Å². The van der Waals surface area contributed by atoms with Crippen LogP contribution in [-0.2, 0) is 20.5 Å². The molecule has 5 rings (SSSR count). The number of carboxylic acids is 1. The van der Waals surface area contributed by atoms with E-state index in [0.29, 0.717) is 28.5 Å². The van der Waals surface area contributed by atoms with Crippen LogP contribution in [0, 0.1) is 20.8 Å². The molecule has 9 nitrogen and oxygen atoms in total. The van der Waals surface area contributed by atoms with Gasteiger partial charge in [0.2, 0.25) is 0 Å². The van der Waals surface area contributed by atoms with Gasteiger partial charge in [0, 0.05) is 16.0 Å². The molecule has 0 unspecified atom stereocenters. The van der Waals surface area contributed by atoms with Gasteiger partial charge in [-0.25, -0.2) is 4.79 Å². The normalized spacial score (nSPS) is 14.7. The maximum Gasteiger partial charge on any atom is 0.417 e. The zero-order valence-electron chi connectivity index (χ0n) is 25.4. The van der Waals surface area contributed by atoms with Gasteiger partial charge in [0.05, 0.1) is 17.7 Å². The third-order valence-electron chi connectivity index (χ3n) is 7.15. The van der Waals surface area contributed by atoms with Gasteiger partial charge in [0.1, 0.15) is 28.2 Å². The number of fused-ring (bicyclic) bond motifs is 3. The number of aromatic nitrogens is 3. The van der Waals surface area contributed by atoms with E-state index in [1.54, 1.807) is 52.0 Å². The number of esters is 1. The quantitative estimate of drug-likeness (QED) is 0.216. The number of aryl methyl sites for hydroxylation is 2. The van der Waals surface area contributed by atoms with E-state index in [0.717, 1.165) is 27.1 Å². The molecule has 45 heavy (non-hydrogen) atoms. The second kappa shape index (κ2) is 11.8. The minimum atomic E-state index is -4.71. The summed E-state index contributed by atoms with van der Waals surface area (Å²) in [6.45, 7) is 10.2. The van der Waals surface area contributed by atoms with Crippen molar-refractivity contribution in [2.75, 3.05) is 6.61 Å². The molecular weight excluding hydrogens is 609 g/mol. The first-order valence-corrected chi connectivity index (χ1v) is 14.8. The van der Waals surface area contributed by atoms with Crippen molar-refractivity contribution in [3.63, 3.8) is 0 Å². The molecule has 13 heteroatoms. The molecule has 1 aliphatic rings. The van der Waals surface area contributed by atoms with Crippen molar-refractivity contribution in [1.29, 1.82) is 0 Å². The lowest BCUT2D eigenvalue weighted by Crippen LogP contribution is -2.27. The lowest BCUT2D eigenvalue weighted by Gasteiger charge is -2.20. The summed E-state index contributed by atoms with van der Waals surface area (Å²) in [5.41, 5.74) is 1.43. The number of hydrogen-bond donors (Lipinski definition) is 1. The highest BCUT2D eigenvalue weighted by Crippen LogP contribution is 2.41. The predicted octanol–water partition coefficient (Wildman–Crippen LogP) is 7.03. The van der Waals surface area contributed by atoms with Gasteiger partial charge in [-0.2, -0.15) is 13.2 Å². The maximum atomic E-state index is 14.2. The molecule has 0 saturated carbocycles. The van der Waals surface area contributed by atoms with Gasteiger partial charge in [-0.3, -0.25) is 14.4 Å². The highest BCUT2D eigenvalue weighted by Gasteiger charge is 2.35. The molecule has 0 radical (unpaired) electrons. The highest BCUT2D eigenvalue weighted by molar-refractivity contribution is 7.15. The second-order valence-corrected chi connectivity index (χ2v) is 12.9. The van der Waals surface area contributed by atoms with Crippen molar-refractivity contribution in [2.24, 2.45) is 4.99 Å². The zero-order valence-corrected chi connectivity index (χ0v) is 26.3. The minimum absolute atomic E-state index is 0.0738. The fourth-order valence-corrected chi connectivity index (χ4v) is 6.32. The third kappa shape index (κ3) is 6.63. The lowest BCUT2D eigenvalue weighted by molar-refractivity contribution is -0.157. The smallest absolute Gasteiger partial charge is 0.417 e. The van der Waals surface area contributed by atoms with E-state index in [2.05, 4.69) is 10.2 Å². The largest absolute Gasteiger partial charge is 0.482 e. The summed E-state index contributed by atoms with van der Waals surface area (Å²) < 4.78 is 55.0. The second-order valence-electron chi connectivity index (χ2n) is 11.7. The van der Waals surface area contributed by atoms with Crippen LogP contribution in [0.4, 0.5) is 13.2 Å². The molecule has 3 heterocycles. The SMILES string of the molecule is Cc1sc2c(c1C)C(c1ccc(-c3ccc(OCC(=O)OC(C)(C)C)cc3C(F)(F)F)cc1)=N[C@@H](CC(=O)O)c1nnc(C)n1-2. The first kappa shape index (κ1) is 31.9. The van der Waals surface area contributed by atoms with Gasteiger partial charge in [0.15, 0.2) is 12.4 Å². The zero-order chi connectivity index (χ0) is 32.8. The summed E-state index contributed by atoms with van der Waals surface area (Å²) in [7, 11) is 0. The molecule has 4 aromatic rings. The van der Waals surface area contributed by atoms with Crippen molar-refractivity contribution in [3.05, 3.63) is 81.2 Å². The van der Waals surface area contributed by atoms with Crippen molar-refractivity contribution >= 4 is 29.0 Å². The van der Waals surface area contributed by atoms with Crippen molar-refractivity contribution in [1.82, 2.24) is 14.8 Å². The highest BCUT2D eigenvalue weighted by atomic mass is 32.1. The van der Waals surface area contributed by atoms with Gasteiger partial charge in [-0.1, -0.05) is 30.3 Å². The Bertz CT molecular complexity index is 1820. The number of benzene rings is 2. The number of rotatable bonds is 7. The van der Waals surface area contributed by atoms with Crippen LogP contribution in [-0.4, -0.2) is 49.7 Å². The van der Waals surface area contributed by atoms with E-state index in [1.165, 1.54) is 23.5 Å². The van der Waals surface area contributed by atoms with E-state index >= 15 is 0 Å². The molecule has 0 spiro atoms. The topological polar surface area (TPSA) is 116 Å². The first-order valence-electron chi connectivity index (χ1n) is 14.0. The average Bonchev–Trinajstić information content (AvgIpc) is 3.42. The number of ether oxygens (including phenoxy) is 2. The molecule has 0 saturated heterocycles. The Morgan fingerprint density at radius 2 is 1.67 bits per heavy atom. The molecule has 1 atom stereocenters. The monoisotopic (exact) mass is 640 g/mol. The van der Waals surface area contributed by atoms with Crippen LogP contribution < -0.4 is 4.74 Å². The Morgan fingerprint density at radius 3 is 2.29 bits per heavy atom. The molecule has 2 aromatic carbocycles. The van der Waals surface area contributed by atoms with Crippen LogP contribution in [0.25, 0.3) is 16.1 Å². The Labute approximate surface area is 261 Å². The van der Waals surface area contributed by atoms with Gasteiger partial charge in [0.25, 0.3) is 0 Å². The fraction of sp³-hybridized carbons (Fsp3) is 0.344. The summed E-state index contributed by atoms with van der Waals surface area (Å²) in [4.78, 5) is 29.7. The van der Waals surface area contributed by atoms with E-state index in [4.69, 9.17) is 14.5 Å². The van der Waals surface area contributed by atoms with Crippen LogP contribution in [0.2, 0.25) is 0 Å². The number of alkyl halides is 3. The van der Waals surface area contributed by atoms with Crippen molar-refractivity contribution in [2.45, 2.75) is 65.8 Å². The molecule has 0 aliphatic carbocycles. The van der Waals surface area contributed by atoms with Crippen LogP contribution in [0.1, 0.15) is 72.0 Å². The predicted molar refractivity (Wildman–Crippen MR) is 162 cm³/mol. The van der Waals surface area contributed by atoms with Gasteiger partial charge >= 0.3 is 18.1 Å². The van der Waals surface area contributed by atoms with E-state index in [1.807, 2.05) is 18.4 Å². The van der Waals surface area contributed by atoms with E-state index in [-0.39, 0.29) is 17.7 Å². The minimum Gasteiger partial charge on any atom is -0.482 e. The summed E-state index contributed by atoms with van der Waals surface area (Å²) in [5, 5.41) is 18.9. The molecular formula is C32H31F3N4O5S. The number of aliphatic imine (C=N–C) groups is 1.